The van der Waals surface area contributed by atoms with Gasteiger partial charge >= 0.3 is 0 Å². The van der Waals surface area contributed by atoms with E-state index in [1.807, 2.05) is 41.2 Å². The van der Waals surface area contributed by atoms with Gasteiger partial charge in [0.1, 0.15) is 5.78 Å². The number of benzene rings is 1. The summed E-state index contributed by atoms with van der Waals surface area (Å²) in [5.41, 5.74) is 1.91. The number of carbonyl (C=O) groups is 1. The second-order valence-corrected chi connectivity index (χ2v) is 5.06. The van der Waals surface area contributed by atoms with E-state index in [1.54, 1.807) is 0 Å². The van der Waals surface area contributed by atoms with Gasteiger partial charge in [-0.2, -0.15) is 5.10 Å². The number of nitrogens with zero attached hydrogens (tertiary/aromatic N) is 2. The van der Waals surface area contributed by atoms with E-state index in [1.165, 1.54) is 0 Å². The number of halogens is 1. The van der Waals surface area contributed by atoms with Crippen molar-refractivity contribution in [1.82, 2.24) is 9.78 Å². The second-order valence-electron chi connectivity index (χ2n) is 4.63. The molecule has 18 heavy (non-hydrogen) atoms. The maximum atomic E-state index is 11.3. The van der Waals surface area contributed by atoms with Gasteiger partial charge in [-0.25, -0.2) is 0 Å². The van der Waals surface area contributed by atoms with Crippen LogP contribution in [0.15, 0.2) is 36.5 Å². The Bertz CT molecular complexity index is 591. The van der Waals surface area contributed by atoms with Gasteiger partial charge in [-0.05, 0) is 24.6 Å². The Labute approximate surface area is 110 Å². The van der Waals surface area contributed by atoms with Gasteiger partial charge in [0, 0.05) is 29.6 Å². The van der Waals surface area contributed by atoms with Crippen LogP contribution >= 0.6 is 11.6 Å². The highest BCUT2D eigenvalue weighted by molar-refractivity contribution is 6.30. The third-order valence-corrected chi connectivity index (χ3v) is 3.56. The Kier molecular flexibility index (Phi) is 2.92. The summed E-state index contributed by atoms with van der Waals surface area (Å²) in [6, 6.07) is 9.83. The van der Waals surface area contributed by atoms with E-state index in [0.717, 1.165) is 17.7 Å². The third kappa shape index (κ3) is 2.18. The average Bonchev–Trinajstić information content (AvgIpc) is 2.97. The van der Waals surface area contributed by atoms with Crippen molar-refractivity contribution < 1.29 is 4.79 Å². The van der Waals surface area contributed by atoms with Crippen molar-refractivity contribution in [2.75, 3.05) is 0 Å². The zero-order valence-corrected chi connectivity index (χ0v) is 10.6. The van der Waals surface area contributed by atoms with Gasteiger partial charge in [0.25, 0.3) is 0 Å². The van der Waals surface area contributed by atoms with Crippen molar-refractivity contribution in [3.8, 4) is 11.3 Å². The number of aromatic nitrogens is 2. The number of Topliss-reactive ketones (excluding diaryl/α,β-unsaturated/α-hetero) is 1. The van der Waals surface area contributed by atoms with E-state index >= 15 is 0 Å². The maximum Gasteiger partial charge on any atom is 0.135 e. The SMILES string of the molecule is O=C1CCC(n2ccc(-c3cccc(Cl)c3)n2)C1. The van der Waals surface area contributed by atoms with E-state index in [0.29, 0.717) is 23.6 Å². The summed E-state index contributed by atoms with van der Waals surface area (Å²) in [7, 11) is 0. The summed E-state index contributed by atoms with van der Waals surface area (Å²) in [4.78, 5) is 11.3. The van der Waals surface area contributed by atoms with Crippen molar-refractivity contribution >= 4 is 17.4 Å². The molecule has 0 bridgehead atoms. The molecule has 0 spiro atoms. The molecule has 1 fully saturated rings. The molecule has 1 atom stereocenters. The lowest BCUT2D eigenvalue weighted by atomic mass is 10.2. The van der Waals surface area contributed by atoms with Crippen molar-refractivity contribution in [2.24, 2.45) is 0 Å². The van der Waals surface area contributed by atoms with Crippen LogP contribution in [0.1, 0.15) is 25.3 Å². The Hall–Kier alpha value is -1.61. The molecule has 1 aromatic heterocycles. The van der Waals surface area contributed by atoms with Gasteiger partial charge in [-0.1, -0.05) is 23.7 Å². The summed E-state index contributed by atoms with van der Waals surface area (Å²) < 4.78 is 1.90. The van der Waals surface area contributed by atoms with Crippen LogP contribution in [0.25, 0.3) is 11.3 Å². The largest absolute Gasteiger partial charge is 0.300 e. The zero-order valence-electron chi connectivity index (χ0n) is 9.84. The molecule has 3 nitrogen and oxygen atoms in total. The lowest BCUT2D eigenvalue weighted by Gasteiger charge is -2.07. The van der Waals surface area contributed by atoms with Crippen LogP contribution < -0.4 is 0 Å². The summed E-state index contributed by atoms with van der Waals surface area (Å²) >= 11 is 5.97. The molecule has 0 saturated heterocycles. The van der Waals surface area contributed by atoms with Crippen LogP contribution in [-0.4, -0.2) is 15.6 Å². The number of hydrogen-bond donors (Lipinski definition) is 0. The van der Waals surface area contributed by atoms with Crippen LogP contribution in [0.3, 0.4) is 0 Å². The molecule has 2 aromatic rings. The van der Waals surface area contributed by atoms with Gasteiger partial charge in [-0.15, -0.1) is 0 Å². The van der Waals surface area contributed by atoms with Crippen LogP contribution in [0.4, 0.5) is 0 Å². The van der Waals surface area contributed by atoms with E-state index in [-0.39, 0.29) is 6.04 Å². The third-order valence-electron chi connectivity index (χ3n) is 3.32. The fraction of sp³-hybridized carbons (Fsp3) is 0.286. The minimum Gasteiger partial charge on any atom is -0.300 e. The molecule has 1 aliphatic rings. The Morgan fingerprint density at radius 1 is 1.33 bits per heavy atom. The topological polar surface area (TPSA) is 34.9 Å². The van der Waals surface area contributed by atoms with Gasteiger partial charge in [0.15, 0.2) is 0 Å². The van der Waals surface area contributed by atoms with Gasteiger partial charge in [0.05, 0.1) is 11.7 Å². The predicted molar refractivity (Wildman–Crippen MR) is 70.6 cm³/mol. The van der Waals surface area contributed by atoms with E-state index < -0.39 is 0 Å². The standard InChI is InChI=1S/C14H13ClN2O/c15-11-3-1-2-10(8-11)14-6-7-17(16-14)12-4-5-13(18)9-12/h1-3,6-8,12H,4-5,9H2. The fourth-order valence-corrected chi connectivity index (χ4v) is 2.55. The van der Waals surface area contributed by atoms with Gasteiger partial charge < -0.3 is 0 Å². The van der Waals surface area contributed by atoms with Gasteiger partial charge in [0.2, 0.25) is 0 Å². The average molecular weight is 261 g/mol. The fourth-order valence-electron chi connectivity index (χ4n) is 2.36. The first-order valence-corrected chi connectivity index (χ1v) is 6.43. The van der Waals surface area contributed by atoms with Crippen LogP contribution in [0, 0.1) is 0 Å². The molecule has 0 aliphatic heterocycles. The Balaban J connectivity index is 1.87. The molecular formula is C14H13ClN2O. The molecule has 92 valence electrons. The van der Waals surface area contributed by atoms with Crippen molar-refractivity contribution in [3.63, 3.8) is 0 Å². The van der Waals surface area contributed by atoms with Crippen LogP contribution in [-0.2, 0) is 4.79 Å². The minimum atomic E-state index is 0.227. The molecule has 1 aliphatic carbocycles. The lowest BCUT2D eigenvalue weighted by molar-refractivity contribution is -0.117. The smallest absolute Gasteiger partial charge is 0.135 e. The first-order chi connectivity index (χ1) is 8.72. The first-order valence-electron chi connectivity index (χ1n) is 6.05. The van der Waals surface area contributed by atoms with E-state index in [2.05, 4.69) is 5.10 Å². The summed E-state index contributed by atoms with van der Waals surface area (Å²) in [6.07, 6.45) is 4.13. The molecule has 1 unspecified atom stereocenters. The molecule has 1 saturated carbocycles. The maximum absolute atomic E-state index is 11.3. The number of carbonyl (C=O) groups excluding carboxylic acids is 1. The van der Waals surface area contributed by atoms with E-state index in [4.69, 9.17) is 11.6 Å². The van der Waals surface area contributed by atoms with Crippen molar-refractivity contribution in [2.45, 2.75) is 25.3 Å². The number of hydrogen-bond acceptors (Lipinski definition) is 2. The zero-order chi connectivity index (χ0) is 12.5. The van der Waals surface area contributed by atoms with Crippen LogP contribution in [0.5, 0.6) is 0 Å². The summed E-state index contributed by atoms with van der Waals surface area (Å²) in [6.45, 7) is 0. The molecule has 0 N–H and O–H groups in total. The first kappa shape index (κ1) is 11.5. The molecular weight excluding hydrogens is 248 g/mol. The Morgan fingerprint density at radius 2 is 2.22 bits per heavy atom. The number of rotatable bonds is 2. The molecule has 4 heteroatoms. The highest BCUT2D eigenvalue weighted by Crippen LogP contribution is 2.28. The van der Waals surface area contributed by atoms with Crippen LogP contribution in [0.2, 0.25) is 5.02 Å². The van der Waals surface area contributed by atoms with Gasteiger partial charge in [-0.3, -0.25) is 9.48 Å². The minimum absolute atomic E-state index is 0.227. The molecule has 0 amide bonds. The highest BCUT2D eigenvalue weighted by Gasteiger charge is 2.24. The van der Waals surface area contributed by atoms with Crippen molar-refractivity contribution in [3.05, 3.63) is 41.6 Å². The molecule has 1 aromatic carbocycles. The normalized spacial score (nSPS) is 19.4. The summed E-state index contributed by atoms with van der Waals surface area (Å²) in [5, 5.41) is 5.25. The number of ketones is 1. The van der Waals surface area contributed by atoms with E-state index in [9.17, 15) is 4.79 Å². The highest BCUT2D eigenvalue weighted by atomic mass is 35.5. The van der Waals surface area contributed by atoms with Crippen molar-refractivity contribution in [1.29, 1.82) is 0 Å². The lowest BCUT2D eigenvalue weighted by Crippen LogP contribution is -2.06. The Morgan fingerprint density at radius 3 is 2.94 bits per heavy atom. The second kappa shape index (κ2) is 4.58. The molecule has 1 heterocycles. The molecule has 3 rings (SSSR count). The predicted octanol–water partition coefficient (Wildman–Crippen LogP) is 3.50. The quantitative estimate of drug-likeness (QED) is 0.828. The monoisotopic (exact) mass is 260 g/mol. The summed E-state index contributed by atoms with van der Waals surface area (Å²) in [5.74, 6) is 0.333. The molecule has 0 radical (unpaired) electrons.